The molecule has 0 aliphatic rings. The van der Waals surface area contributed by atoms with Gasteiger partial charge >= 0.3 is 0 Å². The van der Waals surface area contributed by atoms with Gasteiger partial charge in [0.25, 0.3) is 0 Å². The Morgan fingerprint density at radius 1 is 0.490 bits per heavy atom. The lowest BCUT2D eigenvalue weighted by Crippen LogP contribution is -2.23. The average molecular weight is 669 g/mol. The maximum atomic E-state index is 4.44. The van der Waals surface area contributed by atoms with Crippen LogP contribution in [0.5, 0.6) is 0 Å². The zero-order chi connectivity index (χ0) is 34.1. The van der Waals surface area contributed by atoms with Crippen LogP contribution in [0, 0.1) is 0 Å². The highest BCUT2D eigenvalue weighted by Gasteiger charge is 2.19. The van der Waals surface area contributed by atoms with Gasteiger partial charge in [0.15, 0.2) is 0 Å². The standard InChI is InChI=1S/C48H32N2S/c1-3-10-44-31(2)39-14-9-15-41-42-30-38(26-27-45(42)50(44)48(39)41)49(36-22-17-33(18-23-36)32-11-5-4-6-12-32)37-24-19-34(20-25-37)35-21-28-47-43(29-35)40-13-7-8-16-46(40)51-47/h3-30H,1-2H2/b44-10+. The first-order valence-corrected chi connectivity index (χ1v) is 18.1. The average Bonchev–Trinajstić information content (AvgIpc) is 3.82. The molecule has 3 heteroatoms. The van der Waals surface area contributed by atoms with Crippen molar-refractivity contribution in [2.75, 3.05) is 4.90 Å². The summed E-state index contributed by atoms with van der Waals surface area (Å²) in [5.41, 5.74) is 10.5. The smallest absolute Gasteiger partial charge is 0.0620 e. The van der Waals surface area contributed by atoms with E-state index in [4.69, 9.17) is 0 Å². The van der Waals surface area contributed by atoms with Gasteiger partial charge in [-0.15, -0.1) is 11.3 Å². The lowest BCUT2D eigenvalue weighted by atomic mass is 10.0. The van der Waals surface area contributed by atoms with Gasteiger partial charge in [-0.1, -0.05) is 116 Å². The maximum absolute atomic E-state index is 4.44. The molecule has 0 saturated heterocycles. The maximum Gasteiger partial charge on any atom is 0.0620 e. The number of hydrogen-bond donors (Lipinski definition) is 0. The van der Waals surface area contributed by atoms with Crippen molar-refractivity contribution < 1.29 is 0 Å². The molecule has 240 valence electrons. The summed E-state index contributed by atoms with van der Waals surface area (Å²) in [7, 11) is 0. The van der Waals surface area contributed by atoms with Crippen molar-refractivity contribution in [1.29, 1.82) is 0 Å². The van der Waals surface area contributed by atoms with Gasteiger partial charge < -0.3 is 9.30 Å². The molecule has 3 aromatic heterocycles. The fourth-order valence-electron chi connectivity index (χ4n) is 7.84. The third-order valence-electron chi connectivity index (χ3n) is 10.2. The number of nitrogens with zero attached hydrogens (tertiary/aromatic N) is 2. The second kappa shape index (κ2) is 11.6. The van der Waals surface area contributed by atoms with Gasteiger partial charge in [-0.05, 0) is 89.0 Å². The van der Waals surface area contributed by atoms with E-state index in [2.05, 4.69) is 186 Å². The molecule has 0 unspecified atom stereocenters. The number of anilines is 3. The number of para-hydroxylation sites is 1. The molecule has 0 bridgehead atoms. The lowest BCUT2D eigenvalue weighted by molar-refractivity contribution is 1.22. The number of benzene rings is 7. The van der Waals surface area contributed by atoms with E-state index in [1.165, 1.54) is 69.6 Å². The van der Waals surface area contributed by atoms with Gasteiger partial charge in [0.05, 0.1) is 16.4 Å². The Hall–Kier alpha value is -6.42. The molecular weight excluding hydrogens is 637 g/mol. The number of fused-ring (bicyclic) bond motifs is 6. The summed E-state index contributed by atoms with van der Waals surface area (Å²) in [5.74, 6) is 0. The second-order valence-electron chi connectivity index (χ2n) is 13.1. The molecule has 10 rings (SSSR count). The first-order valence-electron chi connectivity index (χ1n) is 17.2. The van der Waals surface area contributed by atoms with Crippen LogP contribution in [-0.2, 0) is 0 Å². The van der Waals surface area contributed by atoms with E-state index in [-0.39, 0.29) is 0 Å². The summed E-state index contributed by atoms with van der Waals surface area (Å²) in [6, 6.07) is 57.4. The third kappa shape index (κ3) is 4.63. The monoisotopic (exact) mass is 668 g/mol. The zero-order valence-corrected chi connectivity index (χ0v) is 28.7. The Kier molecular flexibility index (Phi) is 6.70. The van der Waals surface area contributed by atoms with Gasteiger partial charge in [0.2, 0.25) is 0 Å². The molecule has 2 nitrogen and oxygen atoms in total. The minimum absolute atomic E-state index is 1.04. The van der Waals surface area contributed by atoms with Crippen LogP contribution in [0.4, 0.5) is 17.1 Å². The van der Waals surface area contributed by atoms with Crippen LogP contribution >= 0.6 is 11.3 Å². The van der Waals surface area contributed by atoms with Gasteiger partial charge in [-0.2, -0.15) is 0 Å². The fourth-order valence-corrected chi connectivity index (χ4v) is 8.93. The van der Waals surface area contributed by atoms with Crippen LogP contribution in [0.2, 0.25) is 0 Å². The summed E-state index contributed by atoms with van der Waals surface area (Å²) in [6.45, 7) is 8.43. The Morgan fingerprint density at radius 3 is 1.86 bits per heavy atom. The first kappa shape index (κ1) is 29.5. The number of rotatable bonds is 6. The van der Waals surface area contributed by atoms with Crippen LogP contribution in [0.3, 0.4) is 0 Å². The molecule has 51 heavy (non-hydrogen) atoms. The van der Waals surface area contributed by atoms with Gasteiger partial charge in [0, 0.05) is 58.6 Å². The number of allylic oxidation sites excluding steroid dienone is 1. The van der Waals surface area contributed by atoms with Crippen molar-refractivity contribution in [3.63, 3.8) is 0 Å². The molecule has 0 fully saturated rings. The SMILES string of the molecule is C=C/C=c1\c(=C)c2cccc3c4cc(N(c5ccc(-c6ccccc6)cc5)c5ccc(-c6ccc7sc8ccccc8c7c6)cc5)ccc4n1c23. The van der Waals surface area contributed by atoms with E-state index < -0.39 is 0 Å². The topological polar surface area (TPSA) is 7.65 Å². The number of thiophene rings is 1. The summed E-state index contributed by atoms with van der Waals surface area (Å²) >= 11 is 1.86. The van der Waals surface area contributed by atoms with Crippen molar-refractivity contribution in [2.24, 2.45) is 0 Å². The van der Waals surface area contributed by atoms with Crippen LogP contribution in [0.15, 0.2) is 170 Å². The summed E-state index contributed by atoms with van der Waals surface area (Å²) in [5, 5.41) is 8.37. The predicted molar refractivity (Wildman–Crippen MR) is 221 cm³/mol. The van der Waals surface area contributed by atoms with Gasteiger partial charge in [-0.25, -0.2) is 0 Å². The van der Waals surface area contributed by atoms with Crippen molar-refractivity contribution in [3.8, 4) is 22.3 Å². The minimum atomic E-state index is 1.04. The molecule has 7 aromatic carbocycles. The zero-order valence-electron chi connectivity index (χ0n) is 27.9. The second-order valence-corrected chi connectivity index (χ2v) is 14.2. The highest BCUT2D eigenvalue weighted by molar-refractivity contribution is 7.25. The Balaban J connectivity index is 1.12. The molecule has 0 spiro atoms. The number of aromatic nitrogens is 1. The largest absolute Gasteiger partial charge is 0.310 e. The quantitative estimate of drug-likeness (QED) is 0.171. The normalized spacial score (nSPS) is 12.2. The Labute approximate surface area is 299 Å². The van der Waals surface area contributed by atoms with Crippen molar-refractivity contribution in [3.05, 3.63) is 181 Å². The Bertz CT molecular complexity index is 3040. The summed E-state index contributed by atoms with van der Waals surface area (Å²) in [6.07, 6.45) is 3.92. The van der Waals surface area contributed by atoms with Gasteiger partial charge in [-0.3, -0.25) is 0 Å². The van der Waals surface area contributed by atoms with E-state index >= 15 is 0 Å². The molecule has 0 atom stereocenters. The molecule has 0 N–H and O–H groups in total. The summed E-state index contributed by atoms with van der Waals surface area (Å²) in [4.78, 5) is 2.37. The molecule has 3 heterocycles. The van der Waals surface area contributed by atoms with Crippen LogP contribution in [0.25, 0.3) is 82.3 Å². The van der Waals surface area contributed by atoms with E-state index in [9.17, 15) is 0 Å². The van der Waals surface area contributed by atoms with Crippen LogP contribution < -0.4 is 15.5 Å². The fraction of sp³-hybridized carbons (Fsp3) is 0. The molecule has 0 radical (unpaired) electrons. The predicted octanol–water partition coefficient (Wildman–Crippen LogP) is 12.2. The van der Waals surface area contributed by atoms with E-state index in [0.29, 0.717) is 0 Å². The van der Waals surface area contributed by atoms with Gasteiger partial charge in [0.1, 0.15) is 0 Å². The molecule has 0 amide bonds. The van der Waals surface area contributed by atoms with Crippen LogP contribution in [-0.4, -0.2) is 4.40 Å². The van der Waals surface area contributed by atoms with E-state index in [0.717, 1.165) is 27.6 Å². The highest BCUT2D eigenvalue weighted by atomic mass is 32.1. The molecular formula is C48H32N2S. The van der Waals surface area contributed by atoms with Crippen molar-refractivity contribution >= 4 is 88.4 Å². The van der Waals surface area contributed by atoms with Crippen molar-refractivity contribution in [2.45, 2.75) is 0 Å². The van der Waals surface area contributed by atoms with Crippen molar-refractivity contribution in [1.82, 2.24) is 4.40 Å². The van der Waals surface area contributed by atoms with E-state index in [1.54, 1.807) is 0 Å². The lowest BCUT2D eigenvalue weighted by Gasteiger charge is -2.26. The molecule has 0 aliphatic carbocycles. The summed E-state index contributed by atoms with van der Waals surface area (Å²) < 4.78 is 4.99. The molecule has 0 aliphatic heterocycles. The Morgan fingerprint density at radius 2 is 1.10 bits per heavy atom. The third-order valence-corrected chi connectivity index (χ3v) is 11.4. The molecule has 0 saturated carbocycles. The van der Waals surface area contributed by atoms with Crippen LogP contribution in [0.1, 0.15) is 0 Å². The molecule has 10 aromatic rings. The minimum Gasteiger partial charge on any atom is -0.310 e. The van der Waals surface area contributed by atoms with E-state index in [1.807, 2.05) is 17.4 Å². The first-order chi connectivity index (χ1) is 25.2. The highest BCUT2D eigenvalue weighted by Crippen LogP contribution is 2.41. The number of hydrogen-bond acceptors (Lipinski definition) is 2.